The molecule has 29 heavy (non-hydrogen) atoms. The number of Topliss-reactive ketones (excluding diaryl/α,β-unsaturated/α-hetero) is 1. The van der Waals surface area contributed by atoms with E-state index in [0.29, 0.717) is 22.8 Å². The van der Waals surface area contributed by atoms with Gasteiger partial charge in [0.1, 0.15) is 34.9 Å². The Kier molecular flexibility index (Phi) is 4.58. The molecule has 0 aliphatic carbocycles. The van der Waals surface area contributed by atoms with Crippen LogP contribution in [0.3, 0.4) is 0 Å². The quantitative estimate of drug-likeness (QED) is 0.406. The van der Waals surface area contributed by atoms with E-state index in [1.807, 2.05) is 0 Å². The molecule has 0 saturated carbocycles. The third kappa shape index (κ3) is 3.24. The molecular formula is C22H18FNO5. The van der Waals surface area contributed by atoms with Crippen LogP contribution < -0.4 is 0 Å². The topological polar surface area (TPSA) is 83.9 Å². The average Bonchev–Trinajstić information content (AvgIpc) is 3.41. The molecule has 1 aliphatic rings. The van der Waals surface area contributed by atoms with E-state index in [4.69, 9.17) is 8.83 Å². The van der Waals surface area contributed by atoms with Crippen molar-refractivity contribution in [1.29, 1.82) is 0 Å². The fourth-order valence-corrected chi connectivity index (χ4v) is 3.41. The third-order valence-electron chi connectivity index (χ3n) is 4.92. The van der Waals surface area contributed by atoms with Crippen molar-refractivity contribution in [2.75, 3.05) is 0 Å². The normalized spacial score (nSPS) is 18.6. The largest absolute Gasteiger partial charge is 0.507 e. The van der Waals surface area contributed by atoms with Gasteiger partial charge in [0.25, 0.3) is 11.7 Å². The molecule has 3 heterocycles. The summed E-state index contributed by atoms with van der Waals surface area (Å²) in [6, 6.07) is 9.87. The molecule has 3 aromatic rings. The molecule has 1 atom stereocenters. The summed E-state index contributed by atoms with van der Waals surface area (Å²) < 4.78 is 25.0. The monoisotopic (exact) mass is 395 g/mol. The lowest BCUT2D eigenvalue weighted by molar-refractivity contribution is -0.140. The Hall–Kier alpha value is -3.61. The zero-order valence-corrected chi connectivity index (χ0v) is 15.8. The Bertz CT molecular complexity index is 1130. The molecule has 0 spiro atoms. The molecule has 1 N–H and O–H groups in total. The van der Waals surface area contributed by atoms with Crippen LogP contribution in [-0.2, 0) is 16.1 Å². The molecule has 1 amide bonds. The van der Waals surface area contributed by atoms with E-state index in [2.05, 4.69) is 0 Å². The predicted molar refractivity (Wildman–Crippen MR) is 101 cm³/mol. The van der Waals surface area contributed by atoms with E-state index in [-0.39, 0.29) is 17.7 Å². The van der Waals surface area contributed by atoms with Gasteiger partial charge in [-0.25, -0.2) is 4.39 Å². The Morgan fingerprint density at radius 1 is 1.17 bits per heavy atom. The zero-order valence-electron chi connectivity index (χ0n) is 15.8. The van der Waals surface area contributed by atoms with Crippen LogP contribution in [0.2, 0.25) is 0 Å². The number of aryl methyl sites for hydroxylation is 2. The van der Waals surface area contributed by atoms with E-state index in [1.54, 1.807) is 38.1 Å². The first-order valence-corrected chi connectivity index (χ1v) is 9.00. The second-order valence-electron chi connectivity index (χ2n) is 6.92. The Morgan fingerprint density at radius 2 is 1.97 bits per heavy atom. The molecule has 0 unspecified atom stereocenters. The van der Waals surface area contributed by atoms with Gasteiger partial charge in [0.05, 0.1) is 18.4 Å². The van der Waals surface area contributed by atoms with Gasteiger partial charge in [-0.3, -0.25) is 9.59 Å². The Morgan fingerprint density at radius 3 is 2.59 bits per heavy atom. The van der Waals surface area contributed by atoms with Crippen LogP contribution in [0.5, 0.6) is 0 Å². The number of likely N-dealkylation sites (tertiary alicyclic amines) is 1. The van der Waals surface area contributed by atoms with Crippen LogP contribution in [0.15, 0.2) is 63.1 Å². The first kappa shape index (κ1) is 18.7. The maximum absolute atomic E-state index is 14.0. The molecule has 2 aromatic heterocycles. The van der Waals surface area contributed by atoms with Crippen LogP contribution in [0.4, 0.5) is 4.39 Å². The van der Waals surface area contributed by atoms with Crippen LogP contribution in [0.25, 0.3) is 5.76 Å². The first-order valence-electron chi connectivity index (χ1n) is 9.00. The van der Waals surface area contributed by atoms with Crippen molar-refractivity contribution in [3.05, 3.63) is 88.5 Å². The van der Waals surface area contributed by atoms with Crippen molar-refractivity contribution in [3.63, 3.8) is 0 Å². The summed E-state index contributed by atoms with van der Waals surface area (Å²) in [5, 5.41) is 10.9. The van der Waals surface area contributed by atoms with Crippen molar-refractivity contribution in [2.45, 2.75) is 26.4 Å². The summed E-state index contributed by atoms with van der Waals surface area (Å²) in [6.45, 7) is 3.34. The molecule has 1 aromatic carbocycles. The van der Waals surface area contributed by atoms with Crippen molar-refractivity contribution < 1.29 is 27.9 Å². The fraction of sp³-hybridized carbons (Fsp3) is 0.182. The van der Waals surface area contributed by atoms with Gasteiger partial charge in [-0.05, 0) is 49.7 Å². The molecule has 0 radical (unpaired) electrons. The first-order chi connectivity index (χ1) is 13.9. The van der Waals surface area contributed by atoms with Gasteiger partial charge < -0.3 is 18.8 Å². The number of carbonyl (C=O) groups excluding carboxylic acids is 2. The molecule has 7 heteroatoms. The standard InChI is InChI=1S/C22H18FNO5/c1-12-5-7-14(10-16(12)23)20(25)18-19(17-8-6-13(2)29-17)24(22(27)21(18)26)11-15-4-3-9-28-15/h3-10,19,25H,11H2,1-2H3/t19-/m0/s1. The second-order valence-corrected chi connectivity index (χ2v) is 6.92. The number of halogens is 1. The number of furan rings is 2. The molecule has 1 fully saturated rings. The van der Waals surface area contributed by atoms with Crippen molar-refractivity contribution >= 4 is 17.4 Å². The summed E-state index contributed by atoms with van der Waals surface area (Å²) >= 11 is 0. The number of amides is 1. The van der Waals surface area contributed by atoms with Crippen LogP contribution in [0, 0.1) is 19.7 Å². The summed E-state index contributed by atoms with van der Waals surface area (Å²) in [7, 11) is 0. The smallest absolute Gasteiger partial charge is 0.296 e. The number of hydrogen-bond donors (Lipinski definition) is 1. The number of aliphatic hydroxyl groups is 1. The number of rotatable bonds is 4. The Labute approximate surface area is 165 Å². The van der Waals surface area contributed by atoms with Crippen LogP contribution in [-0.4, -0.2) is 21.7 Å². The van der Waals surface area contributed by atoms with Gasteiger partial charge in [-0.15, -0.1) is 0 Å². The van der Waals surface area contributed by atoms with Crippen molar-refractivity contribution in [3.8, 4) is 0 Å². The van der Waals surface area contributed by atoms with Crippen molar-refractivity contribution in [1.82, 2.24) is 4.90 Å². The molecule has 1 saturated heterocycles. The molecule has 148 valence electrons. The molecule has 1 aliphatic heterocycles. The average molecular weight is 395 g/mol. The highest BCUT2D eigenvalue weighted by Gasteiger charge is 2.47. The minimum absolute atomic E-state index is 0.0149. The molecule has 4 rings (SSSR count). The predicted octanol–water partition coefficient (Wildman–Crippen LogP) is 4.25. The van der Waals surface area contributed by atoms with Gasteiger partial charge in [0.2, 0.25) is 0 Å². The van der Waals surface area contributed by atoms with Gasteiger partial charge in [0.15, 0.2) is 0 Å². The minimum atomic E-state index is -0.960. The maximum Gasteiger partial charge on any atom is 0.296 e. The van der Waals surface area contributed by atoms with Gasteiger partial charge in [0, 0.05) is 5.56 Å². The maximum atomic E-state index is 14.0. The number of benzene rings is 1. The second kappa shape index (κ2) is 7.09. The van der Waals surface area contributed by atoms with E-state index >= 15 is 0 Å². The Balaban J connectivity index is 1.87. The lowest BCUT2D eigenvalue weighted by Crippen LogP contribution is -2.28. The molecular weight excluding hydrogens is 377 g/mol. The van der Waals surface area contributed by atoms with E-state index in [1.165, 1.54) is 23.3 Å². The third-order valence-corrected chi connectivity index (χ3v) is 4.92. The fourth-order valence-electron chi connectivity index (χ4n) is 3.41. The van der Waals surface area contributed by atoms with Crippen LogP contribution in [0.1, 0.15) is 34.4 Å². The minimum Gasteiger partial charge on any atom is -0.507 e. The SMILES string of the molecule is Cc1ccc([C@H]2C(=C(O)c3ccc(C)c(F)c3)C(=O)C(=O)N2Cc2ccco2)o1. The summed E-state index contributed by atoms with van der Waals surface area (Å²) in [5.41, 5.74) is 0.356. The summed E-state index contributed by atoms with van der Waals surface area (Å²) in [5.74, 6) is -1.26. The highest BCUT2D eigenvalue weighted by molar-refractivity contribution is 6.46. The molecule has 6 nitrogen and oxygen atoms in total. The number of nitrogens with zero attached hydrogens (tertiary/aromatic N) is 1. The number of hydrogen-bond acceptors (Lipinski definition) is 5. The lowest BCUT2D eigenvalue weighted by atomic mass is 9.98. The van der Waals surface area contributed by atoms with Gasteiger partial charge in [-0.1, -0.05) is 12.1 Å². The van der Waals surface area contributed by atoms with E-state index < -0.39 is 29.3 Å². The highest BCUT2D eigenvalue weighted by Crippen LogP contribution is 2.41. The number of ketones is 1. The van der Waals surface area contributed by atoms with Gasteiger partial charge in [-0.2, -0.15) is 0 Å². The van der Waals surface area contributed by atoms with Crippen LogP contribution >= 0.6 is 0 Å². The van der Waals surface area contributed by atoms with Gasteiger partial charge >= 0.3 is 0 Å². The highest BCUT2D eigenvalue weighted by atomic mass is 19.1. The number of carbonyl (C=O) groups is 2. The van der Waals surface area contributed by atoms with Crippen molar-refractivity contribution in [2.24, 2.45) is 0 Å². The summed E-state index contributed by atoms with van der Waals surface area (Å²) in [6.07, 6.45) is 1.47. The van der Waals surface area contributed by atoms with E-state index in [0.717, 1.165) is 6.07 Å². The number of aliphatic hydroxyl groups excluding tert-OH is 1. The molecule has 0 bridgehead atoms. The van der Waals surface area contributed by atoms with E-state index in [9.17, 15) is 19.1 Å². The zero-order chi connectivity index (χ0) is 20.7. The summed E-state index contributed by atoms with van der Waals surface area (Å²) in [4.78, 5) is 26.9. The lowest BCUT2D eigenvalue weighted by Gasteiger charge is -2.22.